The van der Waals surface area contributed by atoms with Gasteiger partial charge in [0.25, 0.3) is 5.91 Å². The highest BCUT2D eigenvalue weighted by Crippen LogP contribution is 2.24. The minimum Gasteiger partial charge on any atom is -0.305 e. The van der Waals surface area contributed by atoms with Crippen molar-refractivity contribution in [3.05, 3.63) is 61.8 Å². The number of hydrogen-bond donors (Lipinski definition) is 0. The van der Waals surface area contributed by atoms with Crippen LogP contribution in [0.4, 0.5) is 5.00 Å². The van der Waals surface area contributed by atoms with Crippen molar-refractivity contribution in [1.29, 1.82) is 0 Å². The van der Waals surface area contributed by atoms with E-state index in [2.05, 4.69) is 10.9 Å². The number of hydrogen-bond acceptors (Lipinski definition) is 5. The zero-order valence-electron chi connectivity index (χ0n) is 13.7. The van der Waals surface area contributed by atoms with Crippen molar-refractivity contribution < 1.29 is 9.72 Å². The van der Waals surface area contributed by atoms with Crippen LogP contribution < -0.4 is 4.80 Å². The Balaban J connectivity index is 1.94. The lowest BCUT2D eigenvalue weighted by molar-refractivity contribution is -0.380. The first-order valence-corrected chi connectivity index (χ1v) is 9.15. The molecular weight excluding hydrogens is 370 g/mol. The summed E-state index contributed by atoms with van der Waals surface area (Å²) >= 11 is 2.39. The lowest BCUT2D eigenvalue weighted by Crippen LogP contribution is -2.15. The Hall–Kier alpha value is -3.02. The number of nitro groups is 1. The summed E-state index contributed by atoms with van der Waals surface area (Å²) in [4.78, 5) is 27.7. The largest absolute Gasteiger partial charge is 0.324 e. The maximum absolute atomic E-state index is 12.2. The van der Waals surface area contributed by atoms with E-state index in [1.807, 2.05) is 29.7 Å². The summed E-state index contributed by atoms with van der Waals surface area (Å²) in [5.74, 6) is 2.13. The van der Waals surface area contributed by atoms with Crippen LogP contribution in [0.25, 0.3) is 16.3 Å². The molecule has 1 amide bonds. The molecule has 0 unspecified atom stereocenters. The van der Waals surface area contributed by atoms with Crippen LogP contribution in [0.3, 0.4) is 0 Å². The highest BCUT2D eigenvalue weighted by Gasteiger charge is 2.09. The first-order chi connectivity index (χ1) is 12.5. The second kappa shape index (κ2) is 7.47. The fraction of sp³-hybridized carbons (Fsp3) is 0.111. The van der Waals surface area contributed by atoms with E-state index in [1.165, 1.54) is 29.6 Å². The Bertz CT molecular complexity index is 1140. The summed E-state index contributed by atoms with van der Waals surface area (Å²) in [6, 6.07) is 8.96. The van der Waals surface area contributed by atoms with Crippen molar-refractivity contribution in [3.8, 4) is 12.3 Å². The quantitative estimate of drug-likeness (QED) is 0.298. The van der Waals surface area contributed by atoms with Crippen molar-refractivity contribution in [2.24, 2.45) is 4.99 Å². The standard InChI is InChI=1S/C18H13N3O3S2/c1-3-10-20-14-7-4-12(2)11-15(14)26-18(20)19-16(22)8-5-13-6-9-17(25-13)21(23)24/h1,4-9,11H,10H2,2H3/b8-5-,19-18?. The minimum absolute atomic E-state index is 0.0285. The number of carbonyl (C=O) groups is 1. The average molecular weight is 383 g/mol. The molecule has 0 fully saturated rings. The van der Waals surface area contributed by atoms with Gasteiger partial charge in [0.2, 0.25) is 0 Å². The molecule has 0 spiro atoms. The van der Waals surface area contributed by atoms with E-state index in [1.54, 1.807) is 6.07 Å². The van der Waals surface area contributed by atoms with Gasteiger partial charge in [-0.15, -0.1) is 6.42 Å². The molecule has 2 aromatic heterocycles. The van der Waals surface area contributed by atoms with Gasteiger partial charge < -0.3 is 4.57 Å². The van der Waals surface area contributed by atoms with Gasteiger partial charge in [-0.1, -0.05) is 34.7 Å². The van der Waals surface area contributed by atoms with Crippen LogP contribution in [0.5, 0.6) is 0 Å². The van der Waals surface area contributed by atoms with Gasteiger partial charge in [-0.05, 0) is 36.8 Å². The lowest BCUT2D eigenvalue weighted by atomic mass is 10.2. The molecule has 26 heavy (non-hydrogen) atoms. The molecule has 8 heteroatoms. The SMILES string of the molecule is C#CCn1c(=NC(=O)/C=C\c2ccc([N+](=O)[O-])s2)sc2cc(C)ccc21. The number of rotatable bonds is 4. The molecule has 0 N–H and O–H groups in total. The molecule has 0 saturated heterocycles. The molecule has 0 atom stereocenters. The van der Waals surface area contributed by atoms with Gasteiger partial charge in [0.1, 0.15) is 0 Å². The number of aromatic nitrogens is 1. The van der Waals surface area contributed by atoms with Crippen LogP contribution in [-0.2, 0) is 11.3 Å². The molecule has 6 nitrogen and oxygen atoms in total. The number of benzene rings is 1. The predicted octanol–water partition coefficient (Wildman–Crippen LogP) is 3.75. The zero-order chi connectivity index (χ0) is 18.7. The van der Waals surface area contributed by atoms with Crippen molar-refractivity contribution in [2.45, 2.75) is 13.5 Å². The molecule has 1 aromatic carbocycles. The van der Waals surface area contributed by atoms with Crippen LogP contribution >= 0.6 is 22.7 Å². The van der Waals surface area contributed by atoms with Gasteiger partial charge in [-0.2, -0.15) is 4.99 Å². The topological polar surface area (TPSA) is 77.5 Å². The van der Waals surface area contributed by atoms with E-state index in [4.69, 9.17) is 6.42 Å². The molecule has 3 rings (SSSR count). The van der Waals surface area contributed by atoms with Gasteiger partial charge in [0, 0.05) is 17.0 Å². The number of terminal acetylenes is 1. The summed E-state index contributed by atoms with van der Waals surface area (Å²) in [6.45, 7) is 2.31. The van der Waals surface area contributed by atoms with Gasteiger partial charge in [0.15, 0.2) is 4.80 Å². The molecule has 0 aliphatic heterocycles. The molecule has 0 saturated carbocycles. The Morgan fingerprint density at radius 1 is 1.38 bits per heavy atom. The fourth-order valence-electron chi connectivity index (χ4n) is 2.32. The maximum atomic E-state index is 12.2. The maximum Gasteiger partial charge on any atom is 0.324 e. The number of aryl methyl sites for hydroxylation is 1. The van der Waals surface area contributed by atoms with E-state index in [-0.39, 0.29) is 5.00 Å². The third-order valence-corrected chi connectivity index (χ3v) is 5.52. The van der Waals surface area contributed by atoms with Crippen molar-refractivity contribution in [1.82, 2.24) is 4.57 Å². The normalized spacial score (nSPS) is 11.9. The van der Waals surface area contributed by atoms with Crippen LogP contribution in [0.1, 0.15) is 10.4 Å². The Labute approximate surface area is 156 Å². The average Bonchev–Trinajstić information content (AvgIpc) is 3.19. The van der Waals surface area contributed by atoms with Crippen molar-refractivity contribution in [2.75, 3.05) is 0 Å². The number of nitrogens with zero attached hydrogens (tertiary/aromatic N) is 3. The first kappa shape index (κ1) is 17.8. The first-order valence-electron chi connectivity index (χ1n) is 7.52. The molecule has 0 aliphatic rings. The third kappa shape index (κ3) is 3.79. The van der Waals surface area contributed by atoms with Crippen molar-refractivity contribution in [3.63, 3.8) is 0 Å². The van der Waals surface area contributed by atoms with Gasteiger partial charge in [-0.3, -0.25) is 14.9 Å². The highest BCUT2D eigenvalue weighted by molar-refractivity contribution is 7.16. The van der Waals surface area contributed by atoms with E-state index < -0.39 is 10.8 Å². The minimum atomic E-state index is -0.462. The molecule has 130 valence electrons. The van der Waals surface area contributed by atoms with Gasteiger partial charge in [-0.25, -0.2) is 0 Å². The number of amides is 1. The number of carbonyl (C=O) groups excluding carboxylic acids is 1. The van der Waals surface area contributed by atoms with Crippen LogP contribution in [0.2, 0.25) is 0 Å². The number of thiazole rings is 1. The van der Waals surface area contributed by atoms with E-state index in [0.29, 0.717) is 16.2 Å². The third-order valence-electron chi connectivity index (χ3n) is 3.48. The molecule has 0 bridgehead atoms. The number of fused-ring (bicyclic) bond motifs is 1. The fourth-order valence-corrected chi connectivity index (χ4v) is 4.18. The predicted molar refractivity (Wildman–Crippen MR) is 104 cm³/mol. The summed E-state index contributed by atoms with van der Waals surface area (Å²) < 4.78 is 2.82. The van der Waals surface area contributed by atoms with Crippen LogP contribution in [-0.4, -0.2) is 15.4 Å². The number of thiophene rings is 1. The second-order valence-electron chi connectivity index (χ2n) is 5.36. The molecule has 2 heterocycles. The smallest absolute Gasteiger partial charge is 0.305 e. The molecule has 0 aliphatic carbocycles. The van der Waals surface area contributed by atoms with E-state index in [0.717, 1.165) is 27.1 Å². The Morgan fingerprint density at radius 2 is 2.19 bits per heavy atom. The highest BCUT2D eigenvalue weighted by atomic mass is 32.1. The van der Waals surface area contributed by atoms with E-state index >= 15 is 0 Å². The lowest BCUT2D eigenvalue weighted by Gasteiger charge is -1.99. The Morgan fingerprint density at radius 3 is 2.88 bits per heavy atom. The summed E-state index contributed by atoms with van der Waals surface area (Å²) in [5, 5.41) is 10.7. The monoisotopic (exact) mass is 383 g/mol. The summed E-state index contributed by atoms with van der Waals surface area (Å²) in [6.07, 6.45) is 8.26. The summed E-state index contributed by atoms with van der Waals surface area (Å²) in [7, 11) is 0. The van der Waals surface area contributed by atoms with Crippen LogP contribution in [0, 0.1) is 29.4 Å². The van der Waals surface area contributed by atoms with Crippen LogP contribution in [0.15, 0.2) is 41.4 Å². The van der Waals surface area contributed by atoms with Crippen molar-refractivity contribution >= 4 is 49.9 Å². The van der Waals surface area contributed by atoms with Gasteiger partial charge >= 0.3 is 5.00 Å². The van der Waals surface area contributed by atoms with Gasteiger partial charge in [0.05, 0.1) is 21.7 Å². The molecular formula is C18H13N3O3S2. The molecule has 3 aromatic rings. The Kier molecular flexibility index (Phi) is 5.11. The second-order valence-corrected chi connectivity index (χ2v) is 7.47. The van der Waals surface area contributed by atoms with E-state index in [9.17, 15) is 14.9 Å². The molecule has 0 radical (unpaired) electrons. The summed E-state index contributed by atoms with van der Waals surface area (Å²) in [5.41, 5.74) is 2.05. The zero-order valence-corrected chi connectivity index (χ0v) is 15.3.